The lowest BCUT2D eigenvalue weighted by Gasteiger charge is -2.41. The Balaban J connectivity index is 1.30. The molecule has 33 heavy (non-hydrogen) atoms. The van der Waals surface area contributed by atoms with Crippen LogP contribution in [0.1, 0.15) is 32.4 Å². The number of hydrogen-bond donors (Lipinski definition) is 1. The first-order valence-electron chi connectivity index (χ1n) is 11.2. The normalized spacial score (nSPS) is 21.2. The van der Waals surface area contributed by atoms with Crippen molar-refractivity contribution >= 4 is 17.8 Å². The number of nitrogens with zero attached hydrogens (tertiary/aromatic N) is 4. The molecule has 9 nitrogen and oxygen atoms in total. The van der Waals surface area contributed by atoms with E-state index in [4.69, 9.17) is 9.47 Å². The fourth-order valence-corrected chi connectivity index (χ4v) is 3.97. The van der Waals surface area contributed by atoms with Gasteiger partial charge in [-0.15, -0.1) is 0 Å². The highest BCUT2D eigenvalue weighted by Gasteiger charge is 2.32. The van der Waals surface area contributed by atoms with Gasteiger partial charge in [0.25, 0.3) is 0 Å². The highest BCUT2D eigenvalue weighted by Crippen LogP contribution is 2.26. The van der Waals surface area contributed by atoms with Crippen molar-refractivity contribution in [3.05, 3.63) is 59.6 Å². The molecular formula is C24H30N5O4-. The van der Waals surface area contributed by atoms with Crippen molar-refractivity contribution in [1.82, 2.24) is 15.1 Å². The summed E-state index contributed by atoms with van der Waals surface area (Å²) in [5.74, 6) is 1.73. The Morgan fingerprint density at radius 2 is 2.06 bits per heavy atom. The number of carbonyl (C=O) groups excluding carboxylic acids is 2. The molecule has 3 aliphatic rings. The molecule has 9 heteroatoms. The zero-order valence-corrected chi connectivity index (χ0v) is 19.2. The number of ether oxygens (including phenoxy) is 2. The van der Waals surface area contributed by atoms with Crippen molar-refractivity contribution in [3.8, 4) is 5.75 Å². The molecule has 1 aromatic carbocycles. The number of fused-ring (bicyclic) bond motifs is 1. The highest BCUT2D eigenvalue weighted by atomic mass is 16.6. The third-order valence-corrected chi connectivity index (χ3v) is 5.90. The van der Waals surface area contributed by atoms with E-state index in [0.717, 1.165) is 16.9 Å². The summed E-state index contributed by atoms with van der Waals surface area (Å²) in [6.45, 7) is 11.6. The maximum absolute atomic E-state index is 12.2. The Kier molecular flexibility index (Phi) is 6.69. The van der Waals surface area contributed by atoms with Crippen LogP contribution in [0.15, 0.2) is 53.7 Å². The molecule has 176 valence electrons. The maximum Gasteiger partial charge on any atom is 0.416 e. The molecule has 2 amide bonds. The van der Waals surface area contributed by atoms with Crippen LogP contribution in [0.5, 0.6) is 5.75 Å². The van der Waals surface area contributed by atoms with Gasteiger partial charge in [-0.2, -0.15) is 6.20 Å². The van der Waals surface area contributed by atoms with Crippen molar-refractivity contribution in [2.24, 2.45) is 10.9 Å². The quantitative estimate of drug-likeness (QED) is 0.611. The summed E-state index contributed by atoms with van der Waals surface area (Å²) < 4.78 is 11.1. The number of likely N-dealkylation sites (tertiary alicyclic amines) is 1. The van der Waals surface area contributed by atoms with Gasteiger partial charge in [0.05, 0.1) is 6.61 Å². The van der Waals surface area contributed by atoms with Gasteiger partial charge in [0.15, 0.2) is 0 Å². The van der Waals surface area contributed by atoms with Crippen LogP contribution in [0, 0.1) is 5.92 Å². The minimum atomic E-state index is -0.485. The fraction of sp³-hybridized carbons (Fsp3) is 0.458. The average Bonchev–Trinajstić information content (AvgIpc) is 2.77. The minimum Gasteiger partial charge on any atom is -0.657 e. The number of amides is 2. The van der Waals surface area contributed by atoms with Crippen molar-refractivity contribution in [3.63, 3.8) is 0 Å². The van der Waals surface area contributed by atoms with Gasteiger partial charge in [-0.1, -0.05) is 18.7 Å². The van der Waals surface area contributed by atoms with E-state index in [-0.39, 0.29) is 30.7 Å². The number of rotatable bonds is 8. The topological polar surface area (TPSA) is 97.6 Å². The first kappa shape index (κ1) is 22.8. The Labute approximate surface area is 194 Å². The summed E-state index contributed by atoms with van der Waals surface area (Å²) in [5.41, 5.74) is 1.88. The molecule has 1 aromatic rings. The van der Waals surface area contributed by atoms with Gasteiger partial charge in [0.2, 0.25) is 5.91 Å². The molecule has 2 saturated heterocycles. The van der Waals surface area contributed by atoms with Gasteiger partial charge in [-0.05, 0) is 44.5 Å². The van der Waals surface area contributed by atoms with Crippen LogP contribution in [-0.2, 0) is 9.53 Å². The molecule has 1 unspecified atom stereocenters. The van der Waals surface area contributed by atoms with Gasteiger partial charge in [0, 0.05) is 43.0 Å². The number of aliphatic imine (C=N–C) groups is 1. The number of amidine groups is 1. The van der Waals surface area contributed by atoms with E-state index in [0.29, 0.717) is 31.4 Å². The molecule has 0 aliphatic carbocycles. The fourth-order valence-electron chi connectivity index (χ4n) is 3.97. The second-order valence-corrected chi connectivity index (χ2v) is 8.73. The zero-order valence-electron chi connectivity index (χ0n) is 19.2. The summed E-state index contributed by atoms with van der Waals surface area (Å²) in [6.07, 6.45) is 2.21. The lowest BCUT2D eigenvalue weighted by Crippen LogP contribution is -2.51. The summed E-state index contributed by atoms with van der Waals surface area (Å²) >= 11 is 0. The molecule has 0 bridgehead atoms. The van der Waals surface area contributed by atoms with Crippen LogP contribution in [0.4, 0.5) is 4.79 Å². The van der Waals surface area contributed by atoms with E-state index < -0.39 is 6.29 Å². The average molecular weight is 453 g/mol. The minimum absolute atomic E-state index is 0.0137. The largest absolute Gasteiger partial charge is 0.657 e. The number of carbonyl (C=O) groups is 2. The third kappa shape index (κ3) is 5.03. The summed E-state index contributed by atoms with van der Waals surface area (Å²) in [7, 11) is 0. The van der Waals surface area contributed by atoms with Crippen LogP contribution in [0.25, 0.3) is 5.32 Å². The SMILES string of the molecule is C=CC(=O)N1CC(COc2ccc([C@H](C)NC3N=C4C(=C[N-]3)COC(=O)N4C(C)C)cc2)C1. The zero-order chi connectivity index (χ0) is 23.5. The Morgan fingerprint density at radius 1 is 1.33 bits per heavy atom. The van der Waals surface area contributed by atoms with Crippen LogP contribution >= 0.6 is 0 Å². The molecule has 0 saturated carbocycles. The van der Waals surface area contributed by atoms with Crippen LogP contribution in [-0.4, -0.2) is 66.3 Å². The molecule has 3 aliphatic heterocycles. The monoisotopic (exact) mass is 452 g/mol. The van der Waals surface area contributed by atoms with Gasteiger partial charge in [-0.25, -0.2) is 4.79 Å². The lowest BCUT2D eigenvalue weighted by atomic mass is 10.0. The van der Waals surface area contributed by atoms with E-state index in [2.05, 4.69) is 22.2 Å². The molecule has 1 N–H and O–H groups in total. The lowest BCUT2D eigenvalue weighted by molar-refractivity contribution is -0.132. The molecule has 0 spiro atoms. The Hall–Kier alpha value is -3.33. The van der Waals surface area contributed by atoms with E-state index in [1.54, 1.807) is 16.0 Å². The number of hydrogen-bond acceptors (Lipinski definition) is 6. The van der Waals surface area contributed by atoms with Crippen LogP contribution in [0.2, 0.25) is 0 Å². The number of cyclic esters (lactones) is 1. The smallest absolute Gasteiger partial charge is 0.416 e. The maximum atomic E-state index is 12.2. The van der Waals surface area contributed by atoms with Crippen molar-refractivity contribution in [2.75, 3.05) is 26.3 Å². The number of nitrogens with one attached hydrogen (secondary N) is 1. The predicted molar refractivity (Wildman–Crippen MR) is 125 cm³/mol. The van der Waals surface area contributed by atoms with Crippen molar-refractivity contribution in [1.29, 1.82) is 0 Å². The standard InChI is InChI=1S/C24H30N5O4/c1-5-21(30)28-11-17(12-28)13-32-20-8-6-18(7-9-20)16(4)26-23-25-10-19-14-33-24(31)29(15(2)3)22(19)27-23/h5-10,15-17,23,26H,1,11-14H2,2-4H3/q-1/t16-,23?/m0/s1. The van der Waals surface area contributed by atoms with Crippen LogP contribution in [0.3, 0.4) is 0 Å². The highest BCUT2D eigenvalue weighted by molar-refractivity contribution is 6.09. The first-order chi connectivity index (χ1) is 15.9. The first-order valence-corrected chi connectivity index (χ1v) is 11.2. The van der Waals surface area contributed by atoms with E-state index in [1.165, 1.54) is 6.08 Å². The molecule has 0 aromatic heterocycles. The summed E-state index contributed by atoms with van der Waals surface area (Å²) in [6, 6.07) is 7.83. The molecular weight excluding hydrogens is 422 g/mol. The van der Waals surface area contributed by atoms with Gasteiger partial charge < -0.3 is 25.0 Å². The molecule has 0 radical (unpaired) electrons. The van der Waals surface area contributed by atoms with Crippen LogP contribution < -0.4 is 10.1 Å². The molecule has 2 atom stereocenters. The van der Waals surface area contributed by atoms with E-state index >= 15 is 0 Å². The van der Waals surface area contributed by atoms with Crippen molar-refractivity contribution < 1.29 is 19.1 Å². The molecule has 4 rings (SSSR count). The molecule has 2 fully saturated rings. The van der Waals surface area contributed by atoms with Crippen molar-refractivity contribution in [2.45, 2.75) is 39.1 Å². The summed E-state index contributed by atoms with van der Waals surface area (Å²) in [4.78, 5) is 31.7. The Bertz CT molecular complexity index is 966. The number of benzene rings is 1. The second kappa shape index (κ2) is 9.66. The molecule has 3 heterocycles. The van der Waals surface area contributed by atoms with Gasteiger partial charge in [-0.3, -0.25) is 14.7 Å². The van der Waals surface area contributed by atoms with Gasteiger partial charge >= 0.3 is 6.09 Å². The van der Waals surface area contributed by atoms with E-state index in [9.17, 15) is 9.59 Å². The second-order valence-electron chi connectivity index (χ2n) is 8.73. The van der Waals surface area contributed by atoms with E-state index in [1.807, 2.05) is 45.0 Å². The third-order valence-electron chi connectivity index (χ3n) is 5.90. The summed E-state index contributed by atoms with van der Waals surface area (Å²) in [5, 5.41) is 7.85. The predicted octanol–water partition coefficient (Wildman–Crippen LogP) is 3.17. The Morgan fingerprint density at radius 3 is 2.73 bits per heavy atom. The van der Waals surface area contributed by atoms with Gasteiger partial charge in [0.1, 0.15) is 18.2 Å².